The third-order valence-electron chi connectivity index (χ3n) is 4.90. The molecule has 0 saturated carbocycles. The predicted molar refractivity (Wildman–Crippen MR) is 117 cm³/mol. The molecule has 2 amide bonds. The topological polar surface area (TPSA) is 79.9 Å². The van der Waals surface area contributed by atoms with Crippen molar-refractivity contribution in [1.29, 1.82) is 0 Å². The first kappa shape index (κ1) is 21.6. The Labute approximate surface area is 177 Å². The van der Waals surface area contributed by atoms with Crippen LogP contribution in [0.15, 0.2) is 48.5 Å². The Balaban J connectivity index is 1.48. The van der Waals surface area contributed by atoms with Crippen LogP contribution in [0.2, 0.25) is 0 Å². The second kappa shape index (κ2) is 11.2. The molecular weight excluding hydrogens is 382 g/mol. The van der Waals surface area contributed by atoms with Crippen LogP contribution in [-0.2, 0) is 9.53 Å². The van der Waals surface area contributed by atoms with Crippen LogP contribution in [0.4, 0.5) is 11.4 Å². The van der Waals surface area contributed by atoms with Gasteiger partial charge in [0.1, 0.15) is 12.4 Å². The number of likely N-dealkylation sites (tertiary alicyclic amines) is 1. The van der Waals surface area contributed by atoms with Crippen molar-refractivity contribution in [3.8, 4) is 5.75 Å². The molecule has 0 unspecified atom stereocenters. The summed E-state index contributed by atoms with van der Waals surface area (Å²) in [6.07, 6.45) is 3.28. The number of ether oxygens (including phenoxy) is 2. The van der Waals surface area contributed by atoms with Crippen LogP contribution in [0.25, 0.3) is 0 Å². The smallest absolute Gasteiger partial charge is 0.253 e. The van der Waals surface area contributed by atoms with Gasteiger partial charge in [0.25, 0.3) is 5.91 Å². The summed E-state index contributed by atoms with van der Waals surface area (Å²) in [5, 5.41) is 5.93. The van der Waals surface area contributed by atoms with Gasteiger partial charge in [0, 0.05) is 37.1 Å². The lowest BCUT2D eigenvalue weighted by Gasteiger charge is -2.26. The van der Waals surface area contributed by atoms with E-state index in [1.807, 2.05) is 29.2 Å². The molecule has 0 atom stereocenters. The minimum atomic E-state index is -0.182. The maximum Gasteiger partial charge on any atom is 0.253 e. The molecule has 3 rings (SSSR count). The Morgan fingerprint density at radius 1 is 0.967 bits per heavy atom. The van der Waals surface area contributed by atoms with Gasteiger partial charge in [-0.25, -0.2) is 0 Å². The Hall–Kier alpha value is -3.06. The van der Waals surface area contributed by atoms with Gasteiger partial charge >= 0.3 is 0 Å². The first-order valence-corrected chi connectivity index (χ1v) is 10.3. The molecular formula is C23H29N3O4. The van der Waals surface area contributed by atoms with Crippen molar-refractivity contribution in [3.63, 3.8) is 0 Å². The molecule has 0 spiro atoms. The molecule has 1 aliphatic rings. The highest BCUT2D eigenvalue weighted by Gasteiger charge is 2.18. The summed E-state index contributed by atoms with van der Waals surface area (Å²) in [6.45, 7) is 2.75. The normalized spacial score (nSPS) is 13.6. The predicted octanol–water partition coefficient (Wildman–Crippen LogP) is 3.39. The number of nitrogens with one attached hydrogen (secondary N) is 2. The summed E-state index contributed by atoms with van der Waals surface area (Å²) in [7, 11) is 1.63. The number of carbonyl (C=O) groups excluding carboxylic acids is 2. The molecule has 0 aromatic heterocycles. The van der Waals surface area contributed by atoms with Crippen molar-refractivity contribution in [2.24, 2.45) is 0 Å². The van der Waals surface area contributed by atoms with Gasteiger partial charge in [-0.05, 0) is 61.7 Å². The second-order valence-electron chi connectivity index (χ2n) is 7.20. The first-order chi connectivity index (χ1) is 14.7. The van der Waals surface area contributed by atoms with Crippen molar-refractivity contribution in [3.05, 3.63) is 54.1 Å². The Kier molecular flexibility index (Phi) is 8.09. The number of hydrogen-bond donors (Lipinski definition) is 2. The molecule has 2 aromatic carbocycles. The summed E-state index contributed by atoms with van der Waals surface area (Å²) in [6, 6.07) is 14.5. The number of hydrogen-bond acceptors (Lipinski definition) is 5. The van der Waals surface area contributed by atoms with E-state index >= 15 is 0 Å². The monoisotopic (exact) mass is 411 g/mol. The van der Waals surface area contributed by atoms with E-state index in [9.17, 15) is 9.59 Å². The lowest BCUT2D eigenvalue weighted by Crippen LogP contribution is -2.35. The fourth-order valence-electron chi connectivity index (χ4n) is 3.31. The molecule has 1 aliphatic heterocycles. The molecule has 1 heterocycles. The molecule has 30 heavy (non-hydrogen) atoms. The Morgan fingerprint density at radius 2 is 1.73 bits per heavy atom. The third-order valence-corrected chi connectivity index (χ3v) is 4.90. The van der Waals surface area contributed by atoms with Crippen LogP contribution >= 0.6 is 0 Å². The van der Waals surface area contributed by atoms with Gasteiger partial charge in [0.15, 0.2) is 0 Å². The van der Waals surface area contributed by atoms with Gasteiger partial charge in [0.05, 0.1) is 13.2 Å². The van der Waals surface area contributed by atoms with Gasteiger partial charge in [-0.15, -0.1) is 0 Å². The number of rotatable bonds is 9. The van der Waals surface area contributed by atoms with E-state index in [1.54, 1.807) is 31.4 Å². The van der Waals surface area contributed by atoms with Crippen LogP contribution in [0.3, 0.4) is 0 Å². The highest BCUT2D eigenvalue weighted by Crippen LogP contribution is 2.17. The van der Waals surface area contributed by atoms with Gasteiger partial charge in [-0.2, -0.15) is 0 Å². The van der Waals surface area contributed by atoms with E-state index in [-0.39, 0.29) is 18.4 Å². The number of anilines is 2. The number of methoxy groups -OCH3 is 1. The van der Waals surface area contributed by atoms with E-state index < -0.39 is 0 Å². The van der Waals surface area contributed by atoms with E-state index in [1.165, 1.54) is 6.42 Å². The van der Waals surface area contributed by atoms with Crippen molar-refractivity contribution < 1.29 is 19.1 Å². The number of piperidine rings is 1. The number of nitrogens with zero attached hydrogens (tertiary/aromatic N) is 1. The highest BCUT2D eigenvalue weighted by molar-refractivity contribution is 5.98. The van der Waals surface area contributed by atoms with Crippen molar-refractivity contribution in [2.45, 2.75) is 19.3 Å². The van der Waals surface area contributed by atoms with Crippen molar-refractivity contribution in [2.75, 3.05) is 50.6 Å². The van der Waals surface area contributed by atoms with Crippen LogP contribution < -0.4 is 15.4 Å². The van der Waals surface area contributed by atoms with Crippen LogP contribution in [0.1, 0.15) is 29.6 Å². The van der Waals surface area contributed by atoms with Gasteiger partial charge < -0.3 is 25.0 Å². The third kappa shape index (κ3) is 6.49. The SMILES string of the molecule is COCCOc1ccc(NCC(=O)Nc2cccc(C(=O)N3CCCCC3)c2)cc1. The molecule has 2 N–H and O–H groups in total. The van der Waals surface area contributed by atoms with Crippen molar-refractivity contribution >= 4 is 23.2 Å². The zero-order valence-corrected chi connectivity index (χ0v) is 17.4. The molecule has 1 saturated heterocycles. The second-order valence-corrected chi connectivity index (χ2v) is 7.20. The molecule has 1 fully saturated rings. The fourth-order valence-corrected chi connectivity index (χ4v) is 3.31. The molecule has 7 nitrogen and oxygen atoms in total. The number of benzene rings is 2. The van der Waals surface area contributed by atoms with Crippen molar-refractivity contribution in [1.82, 2.24) is 4.90 Å². The minimum Gasteiger partial charge on any atom is -0.491 e. The summed E-state index contributed by atoms with van der Waals surface area (Å²) in [4.78, 5) is 26.8. The molecule has 160 valence electrons. The quantitative estimate of drug-likeness (QED) is 0.619. The Morgan fingerprint density at radius 3 is 2.47 bits per heavy atom. The summed E-state index contributed by atoms with van der Waals surface area (Å²) >= 11 is 0. The summed E-state index contributed by atoms with van der Waals surface area (Å²) in [5.74, 6) is 0.590. The molecule has 0 radical (unpaired) electrons. The number of carbonyl (C=O) groups is 2. The van der Waals surface area contributed by atoms with E-state index in [4.69, 9.17) is 9.47 Å². The maximum absolute atomic E-state index is 12.6. The van der Waals surface area contributed by atoms with E-state index in [0.29, 0.717) is 24.5 Å². The summed E-state index contributed by atoms with van der Waals surface area (Å²) < 4.78 is 10.5. The largest absolute Gasteiger partial charge is 0.491 e. The molecule has 2 aromatic rings. The maximum atomic E-state index is 12.6. The first-order valence-electron chi connectivity index (χ1n) is 10.3. The van der Waals surface area contributed by atoms with Crippen LogP contribution in [-0.4, -0.2) is 56.7 Å². The lowest BCUT2D eigenvalue weighted by atomic mass is 10.1. The van der Waals surface area contributed by atoms with Crippen LogP contribution in [0, 0.1) is 0 Å². The standard InChI is InChI=1S/C23H29N3O4/c1-29-14-15-30-21-10-8-19(9-11-21)24-17-22(27)25-20-7-5-6-18(16-20)23(28)26-12-3-2-4-13-26/h5-11,16,24H,2-4,12-15,17H2,1H3,(H,25,27). The zero-order valence-electron chi connectivity index (χ0n) is 17.4. The van der Waals surface area contributed by atoms with Gasteiger partial charge in [-0.3, -0.25) is 9.59 Å². The molecule has 0 aliphatic carbocycles. The number of amides is 2. The minimum absolute atomic E-state index is 0.0248. The average molecular weight is 412 g/mol. The molecule has 0 bridgehead atoms. The average Bonchev–Trinajstić information content (AvgIpc) is 2.79. The summed E-state index contributed by atoms with van der Waals surface area (Å²) in [5.41, 5.74) is 2.04. The fraction of sp³-hybridized carbons (Fsp3) is 0.391. The lowest BCUT2D eigenvalue weighted by molar-refractivity contribution is -0.114. The van der Waals surface area contributed by atoms with Crippen LogP contribution in [0.5, 0.6) is 5.75 Å². The van der Waals surface area contributed by atoms with Gasteiger partial charge in [0.2, 0.25) is 5.91 Å². The highest BCUT2D eigenvalue weighted by atomic mass is 16.5. The van der Waals surface area contributed by atoms with E-state index in [2.05, 4.69) is 10.6 Å². The zero-order chi connectivity index (χ0) is 21.2. The van der Waals surface area contributed by atoms with E-state index in [0.717, 1.165) is 37.4 Å². The Bertz CT molecular complexity index is 833. The van der Waals surface area contributed by atoms with Gasteiger partial charge in [-0.1, -0.05) is 6.07 Å². The molecule has 7 heteroatoms.